The number of hydrogen-bond acceptors (Lipinski definition) is 1. The van der Waals surface area contributed by atoms with Gasteiger partial charge in [-0.3, -0.25) is 0 Å². The average Bonchev–Trinajstić information content (AvgIpc) is 2.55. The van der Waals surface area contributed by atoms with Crippen LogP contribution in [0.5, 0.6) is 0 Å². The Morgan fingerprint density at radius 2 is 1.73 bits per heavy atom. The predicted octanol–water partition coefficient (Wildman–Crippen LogP) is 3.82. The number of thioether (sulfide) groups is 1. The molecule has 0 amide bonds. The second kappa shape index (κ2) is 4.15. The molecule has 0 aliphatic carbocycles. The number of rotatable bonds is 2. The van der Waals surface area contributed by atoms with Crippen LogP contribution >= 0.6 is 11.8 Å². The molecule has 0 fully saturated rings. The molecule has 0 saturated heterocycles. The fraction of sp³-hybridized carbons (Fsp3) is 0.231. The van der Waals surface area contributed by atoms with Gasteiger partial charge >= 0.3 is 0 Å². The van der Waals surface area contributed by atoms with Gasteiger partial charge in [-0.15, -0.1) is 11.8 Å². The van der Waals surface area contributed by atoms with Crippen molar-refractivity contribution < 1.29 is 0 Å². The molecule has 0 atom stereocenters. The average molecular weight is 217 g/mol. The molecule has 1 nitrogen and oxygen atoms in total. The minimum Gasteiger partial charge on any atom is -0.317 e. The first kappa shape index (κ1) is 10.4. The highest BCUT2D eigenvalue weighted by Gasteiger charge is 2.08. The topological polar surface area (TPSA) is 4.93 Å². The van der Waals surface area contributed by atoms with E-state index in [-0.39, 0.29) is 0 Å². The third-order valence-corrected chi connectivity index (χ3v) is 3.47. The van der Waals surface area contributed by atoms with Crippen molar-refractivity contribution in [2.75, 3.05) is 6.26 Å². The number of benzene rings is 1. The van der Waals surface area contributed by atoms with Gasteiger partial charge in [-0.05, 0) is 38.3 Å². The minimum atomic E-state index is 1.24. The van der Waals surface area contributed by atoms with Crippen molar-refractivity contribution in [3.05, 3.63) is 47.8 Å². The Morgan fingerprint density at radius 3 is 2.27 bits per heavy atom. The molecule has 0 unspecified atom stereocenters. The number of aromatic nitrogens is 1. The SMILES string of the molecule is CSc1cc(C)n(-c2ccccc2)c1C. The minimum absolute atomic E-state index is 1.24. The van der Waals surface area contributed by atoms with E-state index >= 15 is 0 Å². The zero-order valence-electron chi connectivity index (χ0n) is 9.32. The van der Waals surface area contributed by atoms with E-state index in [9.17, 15) is 0 Å². The van der Waals surface area contributed by atoms with Crippen molar-refractivity contribution in [1.29, 1.82) is 0 Å². The van der Waals surface area contributed by atoms with E-state index in [0.29, 0.717) is 0 Å². The van der Waals surface area contributed by atoms with Gasteiger partial charge in [-0.2, -0.15) is 0 Å². The summed E-state index contributed by atoms with van der Waals surface area (Å²) >= 11 is 1.80. The number of hydrogen-bond donors (Lipinski definition) is 0. The fourth-order valence-electron chi connectivity index (χ4n) is 1.91. The molecule has 2 aromatic rings. The van der Waals surface area contributed by atoms with Crippen LogP contribution in [0.15, 0.2) is 41.3 Å². The quantitative estimate of drug-likeness (QED) is 0.692. The normalized spacial score (nSPS) is 10.6. The van der Waals surface area contributed by atoms with Gasteiger partial charge in [0.05, 0.1) is 0 Å². The monoisotopic (exact) mass is 217 g/mol. The zero-order chi connectivity index (χ0) is 10.8. The standard InChI is InChI=1S/C13H15NS/c1-10-9-13(15-3)11(2)14(10)12-7-5-4-6-8-12/h4-9H,1-3H3. The molecule has 2 rings (SSSR count). The first-order chi connectivity index (χ1) is 7.24. The second-order valence-corrected chi connectivity index (χ2v) is 4.46. The Morgan fingerprint density at radius 1 is 1.07 bits per heavy atom. The Kier molecular flexibility index (Phi) is 2.87. The molecule has 1 aromatic heterocycles. The van der Waals surface area contributed by atoms with Gasteiger partial charge in [0.1, 0.15) is 0 Å². The maximum Gasteiger partial charge on any atom is 0.0455 e. The van der Waals surface area contributed by atoms with Gasteiger partial charge in [-0.1, -0.05) is 18.2 Å². The molecule has 15 heavy (non-hydrogen) atoms. The summed E-state index contributed by atoms with van der Waals surface area (Å²) < 4.78 is 2.30. The van der Waals surface area contributed by atoms with Gasteiger partial charge in [0.15, 0.2) is 0 Å². The molecule has 1 aromatic carbocycles. The van der Waals surface area contributed by atoms with Gasteiger partial charge < -0.3 is 4.57 Å². The molecule has 78 valence electrons. The lowest BCUT2D eigenvalue weighted by Gasteiger charge is -2.09. The van der Waals surface area contributed by atoms with Crippen LogP contribution in [0.25, 0.3) is 5.69 Å². The third kappa shape index (κ3) is 1.82. The molecule has 0 spiro atoms. The van der Waals surface area contributed by atoms with E-state index in [1.165, 1.54) is 22.0 Å². The molecule has 0 aliphatic rings. The van der Waals surface area contributed by atoms with Crippen molar-refractivity contribution >= 4 is 11.8 Å². The van der Waals surface area contributed by atoms with Crippen molar-refractivity contribution in [2.45, 2.75) is 18.7 Å². The highest BCUT2D eigenvalue weighted by Crippen LogP contribution is 2.26. The van der Waals surface area contributed by atoms with Crippen molar-refractivity contribution in [2.24, 2.45) is 0 Å². The Bertz CT molecular complexity index is 457. The summed E-state index contributed by atoms with van der Waals surface area (Å²) in [6.07, 6.45) is 2.12. The largest absolute Gasteiger partial charge is 0.317 e. The summed E-state index contributed by atoms with van der Waals surface area (Å²) in [5.74, 6) is 0. The molecule has 0 aliphatic heterocycles. The van der Waals surface area contributed by atoms with Crippen LogP contribution in [0.1, 0.15) is 11.4 Å². The Hall–Kier alpha value is -1.15. The number of para-hydroxylation sites is 1. The van der Waals surface area contributed by atoms with E-state index in [4.69, 9.17) is 0 Å². The van der Waals surface area contributed by atoms with E-state index < -0.39 is 0 Å². The van der Waals surface area contributed by atoms with Gasteiger partial charge in [0.25, 0.3) is 0 Å². The lowest BCUT2D eigenvalue weighted by Crippen LogP contribution is -1.98. The Balaban J connectivity index is 2.58. The fourth-order valence-corrected chi connectivity index (χ4v) is 2.59. The molecule has 2 heteroatoms. The maximum atomic E-state index is 2.30. The molecule has 0 N–H and O–H groups in total. The molecular weight excluding hydrogens is 202 g/mol. The zero-order valence-corrected chi connectivity index (χ0v) is 10.1. The summed E-state index contributed by atoms with van der Waals surface area (Å²) in [7, 11) is 0. The number of nitrogens with zero attached hydrogens (tertiary/aromatic N) is 1. The molecule has 1 heterocycles. The van der Waals surface area contributed by atoms with Crippen LogP contribution in [0.2, 0.25) is 0 Å². The van der Waals surface area contributed by atoms with Crippen LogP contribution < -0.4 is 0 Å². The summed E-state index contributed by atoms with van der Waals surface area (Å²) in [5.41, 5.74) is 3.86. The van der Waals surface area contributed by atoms with Gasteiger partial charge in [-0.25, -0.2) is 0 Å². The highest BCUT2D eigenvalue weighted by molar-refractivity contribution is 7.98. The smallest absolute Gasteiger partial charge is 0.0455 e. The van der Waals surface area contributed by atoms with Crippen LogP contribution in [-0.2, 0) is 0 Å². The molecular formula is C13H15NS. The summed E-state index contributed by atoms with van der Waals surface area (Å²) in [5, 5.41) is 0. The van der Waals surface area contributed by atoms with Crippen LogP contribution in [0, 0.1) is 13.8 Å². The maximum absolute atomic E-state index is 2.30. The Labute approximate surface area is 95.1 Å². The lowest BCUT2D eigenvalue weighted by molar-refractivity contribution is 0.953. The van der Waals surface area contributed by atoms with Crippen LogP contribution in [0.4, 0.5) is 0 Å². The first-order valence-corrected chi connectivity index (χ1v) is 6.25. The predicted molar refractivity (Wildman–Crippen MR) is 67.0 cm³/mol. The van der Waals surface area contributed by atoms with E-state index in [2.05, 4.69) is 55.0 Å². The molecule has 0 radical (unpaired) electrons. The molecule has 0 saturated carbocycles. The summed E-state index contributed by atoms with van der Waals surface area (Å²) in [4.78, 5) is 1.36. The van der Waals surface area contributed by atoms with Crippen molar-refractivity contribution in [1.82, 2.24) is 4.57 Å². The summed E-state index contributed by atoms with van der Waals surface area (Å²) in [6.45, 7) is 4.32. The van der Waals surface area contributed by atoms with Crippen molar-refractivity contribution in [3.63, 3.8) is 0 Å². The first-order valence-electron chi connectivity index (χ1n) is 5.02. The molecule has 0 bridgehead atoms. The highest BCUT2D eigenvalue weighted by atomic mass is 32.2. The number of aryl methyl sites for hydroxylation is 1. The third-order valence-electron chi connectivity index (χ3n) is 2.62. The van der Waals surface area contributed by atoms with E-state index in [1.54, 1.807) is 11.8 Å². The second-order valence-electron chi connectivity index (χ2n) is 3.61. The van der Waals surface area contributed by atoms with Crippen LogP contribution in [-0.4, -0.2) is 10.8 Å². The van der Waals surface area contributed by atoms with Crippen LogP contribution in [0.3, 0.4) is 0 Å². The van der Waals surface area contributed by atoms with Gasteiger partial charge in [0, 0.05) is 22.0 Å². The van der Waals surface area contributed by atoms with E-state index in [1.807, 2.05) is 6.07 Å². The van der Waals surface area contributed by atoms with Gasteiger partial charge in [0.2, 0.25) is 0 Å². The lowest BCUT2D eigenvalue weighted by atomic mass is 10.3. The van der Waals surface area contributed by atoms with Crippen molar-refractivity contribution in [3.8, 4) is 5.69 Å². The summed E-state index contributed by atoms with van der Waals surface area (Å²) in [6, 6.07) is 12.7. The van der Waals surface area contributed by atoms with E-state index in [0.717, 1.165) is 0 Å².